The van der Waals surface area contributed by atoms with Gasteiger partial charge in [-0.25, -0.2) is 18.4 Å². The van der Waals surface area contributed by atoms with Crippen LogP contribution in [0.2, 0.25) is 0 Å². The van der Waals surface area contributed by atoms with Crippen LogP contribution in [0.25, 0.3) is 0 Å². The lowest BCUT2D eigenvalue weighted by atomic mass is 10.1. The number of hydrogen-bond acceptors (Lipinski definition) is 4. The van der Waals surface area contributed by atoms with E-state index in [0.29, 0.717) is 37.7 Å². The van der Waals surface area contributed by atoms with Crippen LogP contribution in [0, 0.1) is 11.6 Å². The van der Waals surface area contributed by atoms with Gasteiger partial charge in [-0.05, 0) is 37.3 Å². The van der Waals surface area contributed by atoms with Crippen LogP contribution < -0.4 is 11.1 Å². The Morgan fingerprint density at radius 1 is 1.17 bits per heavy atom. The molecular weight excluding hydrogens is 413 g/mol. The molecule has 0 saturated carbocycles. The number of alkyl halides is 3. The van der Waals surface area contributed by atoms with E-state index in [2.05, 4.69) is 15.4 Å². The van der Waals surface area contributed by atoms with E-state index in [9.17, 15) is 31.5 Å². The molecule has 0 saturated heterocycles. The van der Waals surface area contributed by atoms with Crippen molar-refractivity contribution in [2.75, 3.05) is 5.32 Å². The van der Waals surface area contributed by atoms with Crippen LogP contribution in [0.3, 0.4) is 0 Å². The second-order valence-electron chi connectivity index (χ2n) is 6.93. The molecule has 3 heterocycles. The molecule has 2 aromatic rings. The van der Waals surface area contributed by atoms with Crippen molar-refractivity contribution in [2.45, 2.75) is 50.7 Å². The summed E-state index contributed by atoms with van der Waals surface area (Å²) < 4.78 is 64.7. The van der Waals surface area contributed by atoms with Gasteiger partial charge < -0.3 is 11.1 Å². The second-order valence-corrected chi connectivity index (χ2v) is 6.93. The average molecular weight is 431 g/mol. The summed E-state index contributed by atoms with van der Waals surface area (Å²) in [5.41, 5.74) is 5.59. The summed E-state index contributed by atoms with van der Waals surface area (Å²) in [6.07, 6.45) is -2.15. The number of anilines is 1. The summed E-state index contributed by atoms with van der Waals surface area (Å²) in [7, 11) is 0. The summed E-state index contributed by atoms with van der Waals surface area (Å²) in [5.74, 6) is -2.61. The lowest BCUT2D eigenvalue weighted by molar-refractivity contribution is -0.174. The predicted molar refractivity (Wildman–Crippen MR) is 94.5 cm³/mol. The summed E-state index contributed by atoms with van der Waals surface area (Å²) in [6, 6.07) is 0.353. The third-order valence-corrected chi connectivity index (χ3v) is 4.72. The molecule has 0 bridgehead atoms. The minimum atomic E-state index is -4.38. The van der Waals surface area contributed by atoms with Crippen molar-refractivity contribution in [3.63, 3.8) is 0 Å². The molecule has 2 aliphatic heterocycles. The molecule has 1 atom stereocenters. The highest BCUT2D eigenvalue weighted by Gasteiger charge is 2.44. The Labute approximate surface area is 167 Å². The SMILES string of the molecule is NC(=O)c1nc2n(n1)C(C(F)(F)F)CCC2.O=C1CCCc2cc(F)cc(F)c2N1. The van der Waals surface area contributed by atoms with E-state index in [1.807, 2.05) is 0 Å². The van der Waals surface area contributed by atoms with Crippen LogP contribution in [0.15, 0.2) is 12.1 Å². The normalized spacial score (nSPS) is 18.3. The smallest absolute Gasteiger partial charge is 0.363 e. The Bertz CT molecular complexity index is 973. The van der Waals surface area contributed by atoms with E-state index in [4.69, 9.17) is 5.73 Å². The van der Waals surface area contributed by atoms with Gasteiger partial charge in [0.05, 0.1) is 5.69 Å². The van der Waals surface area contributed by atoms with Gasteiger partial charge in [-0.15, -0.1) is 5.10 Å². The first-order valence-electron chi connectivity index (χ1n) is 9.16. The van der Waals surface area contributed by atoms with Gasteiger partial charge in [-0.2, -0.15) is 13.2 Å². The highest BCUT2D eigenvalue weighted by molar-refractivity contribution is 5.92. The highest BCUT2D eigenvalue weighted by Crippen LogP contribution is 2.37. The first-order chi connectivity index (χ1) is 14.1. The number of halogens is 5. The van der Waals surface area contributed by atoms with Crippen molar-refractivity contribution in [3.8, 4) is 0 Å². The lowest BCUT2D eigenvalue weighted by Gasteiger charge is -2.25. The van der Waals surface area contributed by atoms with E-state index < -0.39 is 29.8 Å². The molecule has 0 radical (unpaired) electrons. The van der Waals surface area contributed by atoms with Crippen molar-refractivity contribution in [1.82, 2.24) is 14.8 Å². The largest absolute Gasteiger partial charge is 0.410 e. The first-order valence-corrected chi connectivity index (χ1v) is 9.16. The number of carbonyl (C=O) groups excluding carboxylic acids is 2. The number of fused-ring (bicyclic) bond motifs is 2. The number of rotatable bonds is 1. The molecule has 3 N–H and O–H groups in total. The zero-order valence-electron chi connectivity index (χ0n) is 15.6. The van der Waals surface area contributed by atoms with Crippen LogP contribution in [0.4, 0.5) is 27.6 Å². The fourth-order valence-corrected chi connectivity index (χ4v) is 3.36. The van der Waals surface area contributed by atoms with Gasteiger partial charge in [0.1, 0.15) is 23.5 Å². The number of aryl methyl sites for hydroxylation is 2. The van der Waals surface area contributed by atoms with Crippen LogP contribution in [0.1, 0.15) is 53.7 Å². The van der Waals surface area contributed by atoms with Crippen molar-refractivity contribution >= 4 is 17.5 Å². The molecule has 2 aliphatic rings. The summed E-state index contributed by atoms with van der Waals surface area (Å²) in [4.78, 5) is 25.6. The molecule has 30 heavy (non-hydrogen) atoms. The number of nitrogens with two attached hydrogens (primary N) is 1. The fraction of sp³-hybridized carbons (Fsp3) is 0.444. The van der Waals surface area contributed by atoms with Crippen molar-refractivity contribution in [3.05, 3.63) is 41.0 Å². The number of carbonyl (C=O) groups is 2. The molecule has 0 spiro atoms. The molecule has 162 valence electrons. The molecule has 1 aromatic heterocycles. The maximum Gasteiger partial charge on any atom is 0.410 e. The van der Waals surface area contributed by atoms with E-state index in [1.54, 1.807) is 0 Å². The number of aromatic nitrogens is 3. The number of benzene rings is 1. The van der Waals surface area contributed by atoms with Crippen molar-refractivity contribution in [2.24, 2.45) is 5.73 Å². The zero-order chi connectivity index (χ0) is 22.1. The van der Waals surface area contributed by atoms with Crippen LogP contribution >= 0.6 is 0 Å². The van der Waals surface area contributed by atoms with E-state index in [1.165, 1.54) is 6.07 Å². The Balaban J connectivity index is 0.000000172. The monoisotopic (exact) mass is 431 g/mol. The molecule has 4 rings (SSSR count). The Morgan fingerprint density at radius 2 is 1.90 bits per heavy atom. The van der Waals surface area contributed by atoms with Crippen LogP contribution in [-0.4, -0.2) is 32.8 Å². The van der Waals surface area contributed by atoms with E-state index in [-0.39, 0.29) is 29.7 Å². The van der Waals surface area contributed by atoms with Gasteiger partial charge in [0, 0.05) is 18.9 Å². The number of nitrogens with zero attached hydrogens (tertiary/aromatic N) is 3. The fourth-order valence-electron chi connectivity index (χ4n) is 3.36. The van der Waals surface area contributed by atoms with Gasteiger partial charge in [0.25, 0.3) is 5.91 Å². The first kappa shape index (κ1) is 21.7. The third kappa shape index (κ3) is 4.74. The third-order valence-electron chi connectivity index (χ3n) is 4.72. The lowest BCUT2D eigenvalue weighted by Crippen LogP contribution is -2.31. The van der Waals surface area contributed by atoms with Crippen molar-refractivity contribution in [1.29, 1.82) is 0 Å². The molecule has 12 heteroatoms. The number of amides is 2. The molecule has 7 nitrogen and oxygen atoms in total. The Hall–Kier alpha value is -3.05. The zero-order valence-corrected chi connectivity index (χ0v) is 15.6. The minimum absolute atomic E-state index is 0.0436. The van der Waals surface area contributed by atoms with Gasteiger partial charge in [0.2, 0.25) is 11.7 Å². The maximum absolute atomic E-state index is 13.2. The molecule has 0 aliphatic carbocycles. The molecule has 0 fully saturated rings. The number of hydrogen-bond donors (Lipinski definition) is 2. The topological polar surface area (TPSA) is 103 Å². The number of primary amides is 1. The molecule has 1 aromatic carbocycles. The summed E-state index contributed by atoms with van der Waals surface area (Å²) in [6.45, 7) is 0. The van der Waals surface area contributed by atoms with Gasteiger partial charge in [-0.3, -0.25) is 9.59 Å². The quantitative estimate of drug-likeness (QED) is 0.678. The summed E-state index contributed by atoms with van der Waals surface area (Å²) >= 11 is 0. The Morgan fingerprint density at radius 3 is 2.57 bits per heavy atom. The van der Waals surface area contributed by atoms with E-state index in [0.717, 1.165) is 10.7 Å². The Kier molecular flexibility index (Phi) is 6.04. The van der Waals surface area contributed by atoms with Gasteiger partial charge in [-0.1, -0.05) is 0 Å². The standard InChI is InChI=1S/C10H9F2NO.C8H9F3N4O/c11-7-4-6-2-1-3-9(14)13-10(6)8(12)5-7;9-8(10,11)4-2-1-3-5-13-7(6(12)16)14-15(4)5/h4-5H,1-3H2,(H,13,14);4H,1-3H2,(H2,12,16). The molecule has 1 unspecified atom stereocenters. The van der Waals surface area contributed by atoms with Gasteiger partial charge >= 0.3 is 6.18 Å². The highest BCUT2D eigenvalue weighted by atomic mass is 19.4. The number of nitrogens with one attached hydrogen (secondary N) is 1. The molecule has 2 amide bonds. The molecular formula is C18H18F5N5O2. The van der Waals surface area contributed by atoms with Gasteiger partial charge in [0.15, 0.2) is 0 Å². The van der Waals surface area contributed by atoms with E-state index >= 15 is 0 Å². The predicted octanol–water partition coefficient (Wildman–Crippen LogP) is 3.06. The van der Waals surface area contributed by atoms with Crippen LogP contribution in [0.5, 0.6) is 0 Å². The summed E-state index contributed by atoms with van der Waals surface area (Å²) in [5, 5.41) is 5.95. The van der Waals surface area contributed by atoms with Crippen LogP contribution in [-0.2, 0) is 17.6 Å². The van der Waals surface area contributed by atoms with Crippen molar-refractivity contribution < 1.29 is 31.5 Å². The maximum atomic E-state index is 13.2. The average Bonchev–Trinajstić information content (AvgIpc) is 2.99. The minimum Gasteiger partial charge on any atom is -0.363 e. The second kappa shape index (κ2) is 8.36.